The first kappa shape index (κ1) is 18.3. The Kier molecular flexibility index (Phi) is 4.97. The third kappa shape index (κ3) is 3.70. The summed E-state index contributed by atoms with van der Waals surface area (Å²) in [6.45, 7) is 0.604. The van der Waals surface area contributed by atoms with Crippen LogP contribution in [0.15, 0.2) is 29.8 Å². The maximum Gasteiger partial charge on any atom is 0.433 e. The fraction of sp³-hybridized carbons (Fsp3) is 0.312. The molecule has 0 fully saturated rings. The highest BCUT2D eigenvalue weighted by atomic mass is 32.1. The number of thiophene rings is 1. The summed E-state index contributed by atoms with van der Waals surface area (Å²) in [5.74, 6) is -0.759. The third-order valence-electron chi connectivity index (χ3n) is 3.53. The fourth-order valence-electron chi connectivity index (χ4n) is 2.26. The van der Waals surface area contributed by atoms with Gasteiger partial charge in [-0.1, -0.05) is 6.07 Å². The van der Waals surface area contributed by atoms with Gasteiger partial charge < -0.3 is 9.64 Å². The van der Waals surface area contributed by atoms with Gasteiger partial charge in [0.15, 0.2) is 11.3 Å². The van der Waals surface area contributed by atoms with Crippen LogP contribution in [0.4, 0.5) is 13.2 Å². The molecular weight excluding hydrogens is 369 g/mol. The molecule has 26 heavy (non-hydrogen) atoms. The van der Waals surface area contributed by atoms with Crippen LogP contribution in [0.2, 0.25) is 0 Å². The Labute approximate surface area is 150 Å². The molecule has 0 aromatic carbocycles. The van der Waals surface area contributed by atoms with Gasteiger partial charge in [0.05, 0.1) is 16.8 Å². The lowest BCUT2D eigenvalue weighted by Gasteiger charge is -2.11. The van der Waals surface area contributed by atoms with Crippen LogP contribution >= 0.6 is 11.3 Å². The minimum Gasteiger partial charge on any atom is -0.461 e. The number of hydrogen-bond acceptors (Lipinski definition) is 6. The van der Waals surface area contributed by atoms with Gasteiger partial charge in [0.25, 0.3) is 0 Å². The van der Waals surface area contributed by atoms with Crippen molar-refractivity contribution >= 4 is 23.0 Å². The molecule has 0 aliphatic carbocycles. The van der Waals surface area contributed by atoms with E-state index in [2.05, 4.69) is 10.1 Å². The van der Waals surface area contributed by atoms with E-state index in [0.29, 0.717) is 15.9 Å². The average molecular weight is 384 g/mol. The van der Waals surface area contributed by atoms with E-state index in [1.54, 1.807) is 17.5 Å². The van der Waals surface area contributed by atoms with Crippen LogP contribution in [0.25, 0.3) is 16.2 Å². The molecule has 0 unspecified atom stereocenters. The van der Waals surface area contributed by atoms with Crippen LogP contribution < -0.4 is 0 Å². The van der Waals surface area contributed by atoms with Crippen LogP contribution in [-0.4, -0.2) is 52.7 Å². The van der Waals surface area contributed by atoms with Gasteiger partial charge >= 0.3 is 12.1 Å². The van der Waals surface area contributed by atoms with Crippen molar-refractivity contribution in [3.63, 3.8) is 0 Å². The second-order valence-corrected chi connectivity index (χ2v) is 6.68. The zero-order chi connectivity index (χ0) is 18.9. The number of aromatic nitrogens is 3. The van der Waals surface area contributed by atoms with Crippen molar-refractivity contribution in [2.45, 2.75) is 6.18 Å². The summed E-state index contributed by atoms with van der Waals surface area (Å²) < 4.78 is 46.0. The lowest BCUT2D eigenvalue weighted by molar-refractivity contribution is -0.142. The van der Waals surface area contributed by atoms with Crippen molar-refractivity contribution in [1.29, 1.82) is 0 Å². The molecule has 138 valence electrons. The quantitative estimate of drug-likeness (QED) is 0.633. The molecule has 0 aliphatic heterocycles. The molecule has 3 heterocycles. The number of nitrogens with zero attached hydrogens (tertiary/aromatic N) is 4. The molecule has 10 heteroatoms. The van der Waals surface area contributed by atoms with Gasteiger partial charge in [-0.05, 0) is 31.6 Å². The van der Waals surface area contributed by atoms with Crippen molar-refractivity contribution < 1.29 is 22.7 Å². The molecule has 0 radical (unpaired) electrons. The van der Waals surface area contributed by atoms with E-state index >= 15 is 0 Å². The van der Waals surface area contributed by atoms with Gasteiger partial charge in [-0.25, -0.2) is 14.3 Å². The first-order valence-corrected chi connectivity index (χ1v) is 8.47. The van der Waals surface area contributed by atoms with Crippen LogP contribution in [0, 0.1) is 0 Å². The van der Waals surface area contributed by atoms with Gasteiger partial charge in [0.2, 0.25) is 0 Å². The highest BCUT2D eigenvalue weighted by molar-refractivity contribution is 7.13. The van der Waals surface area contributed by atoms with E-state index in [0.717, 1.165) is 12.3 Å². The van der Waals surface area contributed by atoms with Gasteiger partial charge in [-0.3, -0.25) is 0 Å². The normalized spacial score (nSPS) is 12.1. The molecule has 3 aromatic heterocycles. The second-order valence-electron chi connectivity index (χ2n) is 5.73. The average Bonchev–Trinajstić information content (AvgIpc) is 3.22. The Morgan fingerprint density at radius 2 is 2.15 bits per heavy atom. The maximum absolute atomic E-state index is 13.4. The maximum atomic E-state index is 13.4. The monoisotopic (exact) mass is 384 g/mol. The minimum absolute atomic E-state index is 0.104. The number of likely N-dealkylation sites (N-methyl/N-ethyl adjacent to an activating group) is 1. The van der Waals surface area contributed by atoms with E-state index in [9.17, 15) is 18.0 Å². The predicted octanol–water partition coefficient (Wildman–Crippen LogP) is 3.20. The topological polar surface area (TPSA) is 59.7 Å². The Balaban J connectivity index is 2.06. The molecular formula is C16H15F3N4O2S. The van der Waals surface area contributed by atoms with E-state index in [1.807, 2.05) is 19.0 Å². The molecule has 3 aromatic rings. The number of alkyl halides is 3. The van der Waals surface area contributed by atoms with Gasteiger partial charge in [0.1, 0.15) is 12.2 Å². The van der Waals surface area contributed by atoms with Gasteiger partial charge in [-0.15, -0.1) is 11.3 Å². The SMILES string of the molecule is CN(C)CCOC(=O)c1cnn2c(C(F)(F)F)cc(-c3cccs3)nc12. The number of halogens is 3. The minimum atomic E-state index is -4.65. The number of esters is 1. The molecule has 6 nitrogen and oxygen atoms in total. The van der Waals surface area contributed by atoms with E-state index in [4.69, 9.17) is 4.74 Å². The number of ether oxygens (including phenoxy) is 1. The summed E-state index contributed by atoms with van der Waals surface area (Å²) in [5.41, 5.74) is -1.16. The largest absolute Gasteiger partial charge is 0.461 e. The zero-order valence-corrected chi connectivity index (χ0v) is 14.8. The van der Waals surface area contributed by atoms with Crippen LogP contribution in [0.3, 0.4) is 0 Å². The number of carbonyl (C=O) groups is 1. The summed E-state index contributed by atoms with van der Waals surface area (Å²) in [6.07, 6.45) is -3.60. The van der Waals surface area contributed by atoms with Crippen molar-refractivity contribution in [2.75, 3.05) is 27.2 Å². The Morgan fingerprint density at radius 1 is 1.38 bits per heavy atom. The number of rotatable bonds is 5. The van der Waals surface area contributed by atoms with Crippen molar-refractivity contribution in [3.05, 3.63) is 41.0 Å². The molecule has 0 bridgehead atoms. The summed E-state index contributed by atoms with van der Waals surface area (Å²) in [4.78, 5) is 18.8. The van der Waals surface area contributed by atoms with E-state index in [1.165, 1.54) is 11.3 Å². The van der Waals surface area contributed by atoms with Crippen molar-refractivity contribution in [1.82, 2.24) is 19.5 Å². The number of fused-ring (bicyclic) bond motifs is 1. The lowest BCUT2D eigenvalue weighted by Crippen LogP contribution is -2.20. The smallest absolute Gasteiger partial charge is 0.433 e. The third-order valence-corrected chi connectivity index (χ3v) is 4.42. The van der Waals surface area contributed by atoms with Crippen LogP contribution in [0.1, 0.15) is 16.1 Å². The summed E-state index contributed by atoms with van der Waals surface area (Å²) in [6, 6.07) is 4.30. The van der Waals surface area contributed by atoms with E-state index in [-0.39, 0.29) is 23.5 Å². The first-order chi connectivity index (χ1) is 12.3. The van der Waals surface area contributed by atoms with Crippen molar-refractivity contribution in [2.24, 2.45) is 0 Å². The Bertz CT molecular complexity index is 920. The highest BCUT2D eigenvalue weighted by Crippen LogP contribution is 2.33. The van der Waals surface area contributed by atoms with Crippen molar-refractivity contribution in [3.8, 4) is 10.6 Å². The Morgan fingerprint density at radius 3 is 2.77 bits per heavy atom. The number of hydrogen-bond donors (Lipinski definition) is 0. The predicted molar refractivity (Wildman–Crippen MR) is 90.1 cm³/mol. The zero-order valence-electron chi connectivity index (χ0n) is 13.9. The molecule has 3 rings (SSSR count). The summed E-state index contributed by atoms with van der Waals surface area (Å²) in [5, 5.41) is 5.44. The fourth-order valence-corrected chi connectivity index (χ4v) is 2.94. The number of carbonyl (C=O) groups excluding carboxylic acids is 1. The molecule has 0 N–H and O–H groups in total. The first-order valence-electron chi connectivity index (χ1n) is 7.59. The Hall–Kier alpha value is -2.46. The standard InChI is InChI=1S/C16H15F3N4O2S/c1-22(2)5-6-25-15(24)10-9-20-23-13(16(17,18)19)8-11(21-14(10)23)12-4-3-7-26-12/h3-4,7-9H,5-6H2,1-2H3. The van der Waals surface area contributed by atoms with Gasteiger partial charge in [0, 0.05) is 6.54 Å². The molecule has 0 spiro atoms. The highest BCUT2D eigenvalue weighted by Gasteiger charge is 2.36. The molecule has 0 saturated carbocycles. The molecule has 0 aliphatic rings. The van der Waals surface area contributed by atoms with Crippen LogP contribution in [-0.2, 0) is 10.9 Å². The molecule has 0 saturated heterocycles. The van der Waals surface area contributed by atoms with Crippen LogP contribution in [0.5, 0.6) is 0 Å². The lowest BCUT2D eigenvalue weighted by atomic mass is 10.2. The second kappa shape index (κ2) is 7.04. The van der Waals surface area contributed by atoms with Gasteiger partial charge in [-0.2, -0.15) is 18.3 Å². The molecule has 0 amide bonds. The summed E-state index contributed by atoms with van der Waals surface area (Å²) in [7, 11) is 3.63. The summed E-state index contributed by atoms with van der Waals surface area (Å²) >= 11 is 1.26. The molecule has 0 atom stereocenters. The van der Waals surface area contributed by atoms with E-state index < -0.39 is 17.8 Å².